The topological polar surface area (TPSA) is 29.9 Å². The van der Waals surface area contributed by atoms with Crippen LogP contribution in [-0.2, 0) is 20.0 Å². The molecule has 0 aliphatic heterocycles. The molecule has 0 atom stereocenters. The van der Waals surface area contributed by atoms with Crippen LogP contribution in [0.25, 0.3) is 11.0 Å². The highest BCUT2D eigenvalue weighted by Gasteiger charge is 2.05. The van der Waals surface area contributed by atoms with E-state index in [-0.39, 0.29) is 0 Å². The fourth-order valence-corrected chi connectivity index (χ4v) is 2.92. The van der Waals surface area contributed by atoms with Crippen LogP contribution in [0.1, 0.15) is 11.4 Å². The fraction of sp³-hybridized carbons (Fsp3) is 0.267. The van der Waals surface area contributed by atoms with Gasteiger partial charge in [0.1, 0.15) is 5.82 Å². The highest BCUT2D eigenvalue weighted by molar-refractivity contribution is 7.07. The average molecular weight is 271 g/mol. The van der Waals surface area contributed by atoms with Crippen LogP contribution in [0.2, 0.25) is 0 Å². The Bertz CT molecular complexity index is 655. The number of aryl methyl sites for hydroxylation is 1. The molecule has 0 aliphatic carbocycles. The maximum Gasteiger partial charge on any atom is 0.123 e. The Balaban J connectivity index is 1.61. The predicted molar refractivity (Wildman–Crippen MR) is 80.4 cm³/mol. The van der Waals surface area contributed by atoms with E-state index >= 15 is 0 Å². The summed E-state index contributed by atoms with van der Waals surface area (Å²) in [6, 6.07) is 10.4. The van der Waals surface area contributed by atoms with Gasteiger partial charge in [-0.3, -0.25) is 0 Å². The smallest absolute Gasteiger partial charge is 0.123 e. The summed E-state index contributed by atoms with van der Waals surface area (Å²) in [6.07, 6.45) is 1.08. The van der Waals surface area contributed by atoms with Gasteiger partial charge in [0.25, 0.3) is 0 Å². The molecule has 0 amide bonds. The largest absolute Gasteiger partial charge is 0.330 e. The Hall–Kier alpha value is -1.65. The van der Waals surface area contributed by atoms with Crippen LogP contribution < -0.4 is 5.32 Å². The van der Waals surface area contributed by atoms with Gasteiger partial charge in [0.05, 0.1) is 17.6 Å². The van der Waals surface area contributed by atoms with Crippen LogP contribution in [-0.4, -0.2) is 16.1 Å². The Kier molecular flexibility index (Phi) is 3.62. The molecule has 0 fully saturated rings. The molecule has 3 aromatic rings. The van der Waals surface area contributed by atoms with Crippen molar-refractivity contribution in [3.8, 4) is 0 Å². The maximum atomic E-state index is 4.65. The first-order chi connectivity index (χ1) is 9.34. The number of hydrogen-bond acceptors (Lipinski definition) is 3. The predicted octanol–water partition coefficient (Wildman–Crippen LogP) is 2.97. The van der Waals surface area contributed by atoms with E-state index in [4.69, 9.17) is 0 Å². The van der Waals surface area contributed by atoms with E-state index in [2.05, 4.69) is 56.9 Å². The van der Waals surface area contributed by atoms with Crippen molar-refractivity contribution < 1.29 is 0 Å². The number of hydrogen-bond donors (Lipinski definition) is 1. The molecular formula is C15H17N3S. The number of aromatic nitrogens is 2. The lowest BCUT2D eigenvalue weighted by molar-refractivity contribution is 0.642. The van der Waals surface area contributed by atoms with Gasteiger partial charge < -0.3 is 9.88 Å². The number of fused-ring (bicyclic) bond motifs is 1. The van der Waals surface area contributed by atoms with Gasteiger partial charge in [0.2, 0.25) is 0 Å². The van der Waals surface area contributed by atoms with E-state index in [0.29, 0.717) is 0 Å². The third-order valence-electron chi connectivity index (χ3n) is 3.33. The van der Waals surface area contributed by atoms with Crippen molar-refractivity contribution in [2.75, 3.05) is 6.54 Å². The molecule has 3 nitrogen and oxygen atoms in total. The first-order valence-corrected chi connectivity index (χ1v) is 7.41. The number of imidazole rings is 1. The molecule has 0 saturated heterocycles. The van der Waals surface area contributed by atoms with Crippen molar-refractivity contribution in [3.63, 3.8) is 0 Å². The van der Waals surface area contributed by atoms with Crippen molar-refractivity contribution in [2.45, 2.75) is 13.0 Å². The Morgan fingerprint density at radius 2 is 2.16 bits per heavy atom. The second-order valence-corrected chi connectivity index (χ2v) is 5.41. The quantitative estimate of drug-likeness (QED) is 0.723. The second kappa shape index (κ2) is 5.55. The van der Waals surface area contributed by atoms with Crippen LogP contribution in [0.3, 0.4) is 0 Å². The number of thiophene rings is 1. The zero-order valence-corrected chi connectivity index (χ0v) is 11.8. The molecular weight excluding hydrogens is 254 g/mol. The average Bonchev–Trinajstić information content (AvgIpc) is 3.04. The summed E-state index contributed by atoms with van der Waals surface area (Å²) >= 11 is 1.76. The zero-order valence-electron chi connectivity index (χ0n) is 11.0. The first kappa shape index (κ1) is 12.4. The van der Waals surface area contributed by atoms with Crippen LogP contribution >= 0.6 is 11.3 Å². The summed E-state index contributed by atoms with van der Waals surface area (Å²) in [5.41, 5.74) is 3.67. The van der Waals surface area contributed by atoms with E-state index in [1.54, 1.807) is 11.3 Å². The van der Waals surface area contributed by atoms with Gasteiger partial charge >= 0.3 is 0 Å². The van der Waals surface area contributed by atoms with E-state index in [1.807, 2.05) is 6.07 Å². The third kappa shape index (κ3) is 2.69. The van der Waals surface area contributed by atoms with Crippen LogP contribution in [0, 0.1) is 0 Å². The summed E-state index contributed by atoms with van der Waals surface area (Å²) < 4.78 is 2.16. The fourth-order valence-electron chi connectivity index (χ4n) is 2.22. The highest BCUT2D eigenvalue weighted by atomic mass is 32.1. The lowest BCUT2D eigenvalue weighted by Gasteiger charge is -2.04. The van der Waals surface area contributed by atoms with Gasteiger partial charge in [-0.05, 0) is 47.5 Å². The van der Waals surface area contributed by atoms with Gasteiger partial charge in [-0.1, -0.05) is 12.1 Å². The van der Waals surface area contributed by atoms with Crippen molar-refractivity contribution in [1.29, 1.82) is 0 Å². The van der Waals surface area contributed by atoms with Gasteiger partial charge in [-0.25, -0.2) is 4.98 Å². The van der Waals surface area contributed by atoms with E-state index in [9.17, 15) is 0 Å². The summed E-state index contributed by atoms with van der Waals surface area (Å²) in [7, 11) is 2.07. The maximum absolute atomic E-state index is 4.65. The normalized spacial score (nSPS) is 11.2. The highest BCUT2D eigenvalue weighted by Crippen LogP contribution is 2.13. The monoisotopic (exact) mass is 271 g/mol. The molecule has 0 unspecified atom stereocenters. The summed E-state index contributed by atoms with van der Waals surface area (Å²) in [4.78, 5) is 4.65. The van der Waals surface area contributed by atoms with Gasteiger partial charge in [-0.2, -0.15) is 11.3 Å². The Morgan fingerprint density at radius 3 is 2.95 bits per heavy atom. The Labute approximate surface area is 116 Å². The van der Waals surface area contributed by atoms with Crippen LogP contribution in [0.15, 0.2) is 41.1 Å². The molecule has 98 valence electrons. The second-order valence-electron chi connectivity index (χ2n) is 4.63. The van der Waals surface area contributed by atoms with E-state index < -0.39 is 0 Å². The molecule has 0 bridgehead atoms. The van der Waals surface area contributed by atoms with E-state index in [1.165, 1.54) is 11.1 Å². The van der Waals surface area contributed by atoms with Crippen LogP contribution in [0.5, 0.6) is 0 Å². The lowest BCUT2D eigenvalue weighted by Crippen LogP contribution is -2.18. The van der Waals surface area contributed by atoms with Gasteiger partial charge in [0.15, 0.2) is 0 Å². The molecule has 0 spiro atoms. The molecule has 0 radical (unpaired) electrons. The van der Waals surface area contributed by atoms with Crippen LogP contribution in [0.4, 0.5) is 0 Å². The Morgan fingerprint density at radius 1 is 1.26 bits per heavy atom. The molecule has 3 rings (SSSR count). The number of benzene rings is 1. The van der Waals surface area contributed by atoms with Gasteiger partial charge in [-0.15, -0.1) is 0 Å². The van der Waals surface area contributed by atoms with Crippen molar-refractivity contribution in [1.82, 2.24) is 14.9 Å². The lowest BCUT2D eigenvalue weighted by atomic mass is 10.2. The number of nitrogens with zero attached hydrogens (tertiary/aromatic N) is 2. The number of rotatable bonds is 5. The molecule has 1 aromatic carbocycles. The van der Waals surface area contributed by atoms with Crippen molar-refractivity contribution in [2.24, 2.45) is 7.05 Å². The minimum Gasteiger partial charge on any atom is -0.330 e. The number of nitrogens with one attached hydrogen (secondary N) is 1. The van der Waals surface area contributed by atoms with Crippen molar-refractivity contribution >= 4 is 22.4 Å². The zero-order chi connectivity index (χ0) is 13.1. The molecule has 0 saturated carbocycles. The van der Waals surface area contributed by atoms with Crippen molar-refractivity contribution in [3.05, 3.63) is 52.5 Å². The number of para-hydroxylation sites is 2. The molecule has 2 aromatic heterocycles. The molecule has 19 heavy (non-hydrogen) atoms. The third-order valence-corrected chi connectivity index (χ3v) is 4.07. The molecule has 4 heteroatoms. The minimum atomic E-state index is 0.815. The first-order valence-electron chi connectivity index (χ1n) is 6.47. The standard InChI is InChI=1S/C15H17N3S/c1-18-14-5-3-2-4-13(14)17-15(18)10-16-8-6-12-7-9-19-11-12/h2-5,7,9,11,16H,6,8,10H2,1H3. The van der Waals surface area contributed by atoms with Gasteiger partial charge in [0, 0.05) is 7.05 Å². The summed E-state index contributed by atoms with van der Waals surface area (Å²) in [6.45, 7) is 1.80. The minimum absolute atomic E-state index is 0.815. The molecule has 0 aliphatic rings. The van der Waals surface area contributed by atoms with E-state index in [0.717, 1.165) is 30.9 Å². The molecule has 2 heterocycles. The summed E-state index contributed by atoms with van der Waals surface area (Å²) in [5.74, 6) is 1.09. The summed E-state index contributed by atoms with van der Waals surface area (Å²) in [5, 5.41) is 7.79. The molecule has 1 N–H and O–H groups in total. The SMILES string of the molecule is Cn1c(CNCCc2ccsc2)nc2ccccc21.